The third-order valence-corrected chi connectivity index (χ3v) is 6.21. The first-order valence-electron chi connectivity index (χ1n) is 10.9. The largest absolute Gasteiger partial charge is 0.348 e. The number of benzene rings is 2. The Balaban J connectivity index is 1.38. The van der Waals surface area contributed by atoms with Gasteiger partial charge in [0.15, 0.2) is 6.29 Å². The number of hydrogen-bond acceptors (Lipinski definition) is 4. The first-order valence-corrected chi connectivity index (χ1v) is 10.9. The lowest BCUT2D eigenvalue weighted by molar-refractivity contribution is -0.143. The molecule has 3 aromatic rings. The Hall–Kier alpha value is -2.96. The van der Waals surface area contributed by atoms with Gasteiger partial charge in [0.1, 0.15) is 0 Å². The minimum Gasteiger partial charge on any atom is -0.348 e. The number of carbonyl (C=O) groups is 1. The number of rotatable bonds is 6. The first-order chi connectivity index (χ1) is 15.3. The average molecular weight is 418 g/mol. The summed E-state index contributed by atoms with van der Waals surface area (Å²) < 4.78 is 11.3. The van der Waals surface area contributed by atoms with Gasteiger partial charge in [-0.3, -0.25) is 9.89 Å². The summed E-state index contributed by atoms with van der Waals surface area (Å²) >= 11 is 0. The number of H-pyrrole nitrogens is 1. The summed E-state index contributed by atoms with van der Waals surface area (Å²) in [6, 6.07) is 18.5. The molecule has 5 rings (SSSR count). The van der Waals surface area contributed by atoms with Crippen molar-refractivity contribution in [3.8, 4) is 11.3 Å². The molecule has 1 amide bonds. The van der Waals surface area contributed by atoms with Gasteiger partial charge in [-0.25, -0.2) is 0 Å². The quantitative estimate of drug-likeness (QED) is 0.666. The molecule has 31 heavy (non-hydrogen) atoms. The molecule has 2 aromatic carbocycles. The molecule has 1 saturated heterocycles. The molecule has 0 radical (unpaired) electrons. The third-order valence-electron chi connectivity index (χ3n) is 6.21. The fraction of sp³-hybridized carbons (Fsp3) is 0.360. The maximum atomic E-state index is 13.7. The van der Waals surface area contributed by atoms with E-state index in [1.165, 1.54) is 11.1 Å². The highest BCUT2D eigenvalue weighted by Gasteiger charge is 2.31. The molecule has 1 fully saturated rings. The monoisotopic (exact) mass is 417 g/mol. The van der Waals surface area contributed by atoms with Gasteiger partial charge < -0.3 is 14.4 Å². The van der Waals surface area contributed by atoms with Crippen molar-refractivity contribution in [3.63, 3.8) is 0 Å². The van der Waals surface area contributed by atoms with E-state index in [0.29, 0.717) is 26.3 Å². The molecule has 2 aliphatic rings. The van der Waals surface area contributed by atoms with Gasteiger partial charge in [-0.15, -0.1) is 0 Å². The van der Waals surface area contributed by atoms with Crippen LogP contribution in [0, 0.1) is 5.92 Å². The van der Waals surface area contributed by atoms with Crippen LogP contribution < -0.4 is 0 Å². The van der Waals surface area contributed by atoms with Crippen LogP contribution in [0.15, 0.2) is 60.8 Å². The molecule has 0 bridgehead atoms. The number of carbonyl (C=O) groups excluding carboxylic acids is 1. The van der Waals surface area contributed by atoms with Crippen LogP contribution in [0.3, 0.4) is 0 Å². The Morgan fingerprint density at radius 2 is 1.77 bits per heavy atom. The predicted molar refractivity (Wildman–Crippen MR) is 117 cm³/mol. The van der Waals surface area contributed by atoms with Crippen LogP contribution in [0.5, 0.6) is 0 Å². The number of aryl methyl sites for hydroxylation is 1. The topological polar surface area (TPSA) is 67.5 Å². The second-order valence-corrected chi connectivity index (χ2v) is 8.23. The molecular weight excluding hydrogens is 390 g/mol. The van der Waals surface area contributed by atoms with Crippen molar-refractivity contribution in [3.05, 3.63) is 77.5 Å². The maximum absolute atomic E-state index is 13.7. The summed E-state index contributed by atoms with van der Waals surface area (Å²) in [5, 5.41) is 7.36. The average Bonchev–Trinajstić information content (AvgIpc) is 3.50. The zero-order valence-electron chi connectivity index (χ0n) is 17.5. The van der Waals surface area contributed by atoms with Crippen LogP contribution in [-0.4, -0.2) is 47.1 Å². The number of hydrogen-bond donors (Lipinski definition) is 1. The standard InChI is InChI=1S/C25H27N3O3/c29-25(21-11-10-18-6-4-5-9-20(18)14-21)28(17-23-30-12-13-31-23)16-22-15-26-27-24(22)19-7-2-1-3-8-19/h1-9,15,21,23H,10-14,16-17H2,(H,26,27). The number of aromatic nitrogens is 2. The fourth-order valence-electron chi connectivity index (χ4n) is 4.58. The molecule has 1 aliphatic carbocycles. The van der Waals surface area contributed by atoms with Crippen LogP contribution in [-0.2, 0) is 33.7 Å². The zero-order chi connectivity index (χ0) is 21.0. The highest BCUT2D eigenvalue weighted by atomic mass is 16.7. The Kier molecular flexibility index (Phi) is 5.82. The van der Waals surface area contributed by atoms with Crippen LogP contribution in [0.2, 0.25) is 0 Å². The van der Waals surface area contributed by atoms with Crippen molar-refractivity contribution in [2.24, 2.45) is 5.92 Å². The van der Waals surface area contributed by atoms with E-state index < -0.39 is 0 Å². The van der Waals surface area contributed by atoms with Crippen LogP contribution >= 0.6 is 0 Å². The molecule has 6 heteroatoms. The highest BCUT2D eigenvalue weighted by molar-refractivity contribution is 5.80. The van der Waals surface area contributed by atoms with Crippen molar-refractivity contribution in [1.82, 2.24) is 15.1 Å². The molecule has 1 unspecified atom stereocenters. The summed E-state index contributed by atoms with van der Waals surface area (Å²) in [6.45, 7) is 2.05. The number of ether oxygens (including phenoxy) is 2. The van der Waals surface area contributed by atoms with E-state index in [2.05, 4.69) is 34.5 Å². The normalized spacial score (nSPS) is 18.6. The predicted octanol–water partition coefficient (Wildman–Crippen LogP) is 3.58. The van der Waals surface area contributed by atoms with Gasteiger partial charge in [-0.2, -0.15) is 5.10 Å². The molecular formula is C25H27N3O3. The van der Waals surface area contributed by atoms with E-state index in [1.807, 2.05) is 41.4 Å². The van der Waals surface area contributed by atoms with E-state index in [1.54, 1.807) is 0 Å². The number of nitrogens with zero attached hydrogens (tertiary/aromatic N) is 2. The third kappa shape index (κ3) is 4.40. The fourth-order valence-corrected chi connectivity index (χ4v) is 4.58. The van der Waals surface area contributed by atoms with Gasteiger partial charge in [0.25, 0.3) is 0 Å². The van der Waals surface area contributed by atoms with Gasteiger partial charge in [-0.1, -0.05) is 54.6 Å². The zero-order valence-corrected chi connectivity index (χ0v) is 17.5. The van der Waals surface area contributed by atoms with Crippen molar-refractivity contribution in [1.29, 1.82) is 0 Å². The lowest BCUT2D eigenvalue weighted by Crippen LogP contribution is -2.42. The van der Waals surface area contributed by atoms with Crippen LogP contribution in [0.4, 0.5) is 0 Å². The molecule has 2 heterocycles. The summed E-state index contributed by atoms with van der Waals surface area (Å²) in [5.41, 5.74) is 5.65. The minimum absolute atomic E-state index is 0.0246. The van der Waals surface area contributed by atoms with Crippen molar-refractivity contribution >= 4 is 5.91 Å². The molecule has 1 aromatic heterocycles. The van der Waals surface area contributed by atoms with Crippen molar-refractivity contribution in [2.75, 3.05) is 19.8 Å². The molecule has 1 N–H and O–H groups in total. The lowest BCUT2D eigenvalue weighted by Gasteiger charge is -2.31. The number of nitrogens with one attached hydrogen (secondary N) is 1. The summed E-state index contributed by atoms with van der Waals surface area (Å²) in [4.78, 5) is 15.5. The van der Waals surface area contributed by atoms with Gasteiger partial charge in [0.05, 0.1) is 31.6 Å². The second-order valence-electron chi connectivity index (χ2n) is 8.23. The van der Waals surface area contributed by atoms with Crippen LogP contribution in [0.25, 0.3) is 11.3 Å². The molecule has 0 spiro atoms. The van der Waals surface area contributed by atoms with Gasteiger partial charge >= 0.3 is 0 Å². The highest BCUT2D eigenvalue weighted by Crippen LogP contribution is 2.29. The van der Waals surface area contributed by atoms with E-state index in [0.717, 1.165) is 36.1 Å². The summed E-state index contributed by atoms with van der Waals surface area (Å²) in [5.74, 6) is 0.136. The molecule has 6 nitrogen and oxygen atoms in total. The number of amides is 1. The molecule has 160 valence electrons. The van der Waals surface area contributed by atoms with E-state index in [-0.39, 0.29) is 18.1 Å². The molecule has 1 atom stereocenters. The van der Waals surface area contributed by atoms with Crippen molar-refractivity contribution < 1.29 is 14.3 Å². The number of fused-ring (bicyclic) bond motifs is 1. The first kappa shape index (κ1) is 20.0. The van der Waals surface area contributed by atoms with Gasteiger partial charge in [-0.05, 0) is 36.0 Å². The SMILES string of the molecule is O=C(C1CCc2ccccc2C1)N(Cc1cn[nH]c1-c1ccccc1)CC1OCCO1. The Labute approximate surface area is 182 Å². The van der Waals surface area contributed by atoms with Gasteiger partial charge in [0, 0.05) is 18.0 Å². The van der Waals surface area contributed by atoms with E-state index in [4.69, 9.17) is 9.47 Å². The van der Waals surface area contributed by atoms with Crippen molar-refractivity contribution in [2.45, 2.75) is 32.1 Å². The number of aromatic amines is 1. The molecule has 1 aliphatic heterocycles. The van der Waals surface area contributed by atoms with E-state index in [9.17, 15) is 4.79 Å². The lowest BCUT2D eigenvalue weighted by atomic mass is 9.83. The smallest absolute Gasteiger partial charge is 0.226 e. The Bertz CT molecular complexity index is 1030. The second kappa shape index (κ2) is 9.04. The van der Waals surface area contributed by atoms with E-state index >= 15 is 0 Å². The Morgan fingerprint density at radius 1 is 1.03 bits per heavy atom. The summed E-state index contributed by atoms with van der Waals surface area (Å²) in [6.07, 6.45) is 4.05. The molecule has 0 saturated carbocycles. The minimum atomic E-state index is -0.369. The maximum Gasteiger partial charge on any atom is 0.226 e. The van der Waals surface area contributed by atoms with Gasteiger partial charge in [0.2, 0.25) is 5.91 Å². The summed E-state index contributed by atoms with van der Waals surface area (Å²) in [7, 11) is 0. The Morgan fingerprint density at radius 3 is 2.58 bits per heavy atom. The van der Waals surface area contributed by atoms with Crippen LogP contribution in [0.1, 0.15) is 23.1 Å².